The molecule has 0 bridgehead atoms. The highest BCUT2D eigenvalue weighted by Gasteiger charge is 2.08. The first kappa shape index (κ1) is 13.6. The zero-order valence-electron chi connectivity index (χ0n) is 11.1. The maximum absolute atomic E-state index is 12.2. The van der Waals surface area contributed by atoms with Crippen molar-refractivity contribution in [2.24, 2.45) is 0 Å². The number of nitrogens with zero attached hydrogens (tertiary/aromatic N) is 1. The van der Waals surface area contributed by atoms with Gasteiger partial charge in [-0.25, -0.2) is 4.98 Å². The standard InChI is InChI=1S/C16H12N2O2S/c19-14(10-21-16-17-8-7-15(20)18-16)13-6-5-11-3-1-2-4-12(11)9-13/h1-9H,10H2,(H,17,18,20). The van der Waals surface area contributed by atoms with E-state index in [1.54, 1.807) is 0 Å². The predicted molar refractivity (Wildman–Crippen MR) is 83.9 cm³/mol. The molecular weight excluding hydrogens is 284 g/mol. The van der Waals surface area contributed by atoms with E-state index in [0.29, 0.717) is 10.7 Å². The zero-order chi connectivity index (χ0) is 14.7. The van der Waals surface area contributed by atoms with Crippen molar-refractivity contribution < 1.29 is 4.79 Å². The second kappa shape index (κ2) is 5.93. The van der Waals surface area contributed by atoms with Crippen LogP contribution in [0, 0.1) is 0 Å². The summed E-state index contributed by atoms with van der Waals surface area (Å²) in [4.78, 5) is 30.0. The summed E-state index contributed by atoms with van der Waals surface area (Å²) in [6.07, 6.45) is 1.43. The Hall–Kier alpha value is -2.40. The smallest absolute Gasteiger partial charge is 0.251 e. The van der Waals surface area contributed by atoms with Crippen LogP contribution in [0.5, 0.6) is 0 Å². The second-order valence-corrected chi connectivity index (χ2v) is 5.48. The number of hydrogen-bond acceptors (Lipinski definition) is 4. The molecule has 0 saturated carbocycles. The first-order valence-corrected chi connectivity index (χ1v) is 7.41. The minimum Gasteiger partial charge on any atom is -0.301 e. The normalized spacial score (nSPS) is 10.7. The number of nitrogens with one attached hydrogen (secondary N) is 1. The summed E-state index contributed by atoms with van der Waals surface area (Å²) in [6, 6.07) is 14.9. The highest BCUT2D eigenvalue weighted by molar-refractivity contribution is 7.99. The summed E-state index contributed by atoms with van der Waals surface area (Å²) in [5.41, 5.74) is 0.449. The number of aromatic amines is 1. The van der Waals surface area contributed by atoms with Gasteiger partial charge < -0.3 is 4.98 Å². The van der Waals surface area contributed by atoms with Gasteiger partial charge in [0.1, 0.15) is 0 Å². The van der Waals surface area contributed by atoms with E-state index in [2.05, 4.69) is 9.97 Å². The lowest BCUT2D eigenvalue weighted by atomic mass is 10.1. The van der Waals surface area contributed by atoms with Gasteiger partial charge in [0.2, 0.25) is 0 Å². The van der Waals surface area contributed by atoms with Gasteiger partial charge in [-0.05, 0) is 16.8 Å². The van der Waals surface area contributed by atoms with E-state index in [-0.39, 0.29) is 17.1 Å². The van der Waals surface area contributed by atoms with Crippen molar-refractivity contribution in [2.75, 3.05) is 5.75 Å². The number of hydrogen-bond donors (Lipinski definition) is 1. The summed E-state index contributed by atoms with van der Waals surface area (Å²) in [7, 11) is 0. The Kier molecular flexibility index (Phi) is 3.83. The van der Waals surface area contributed by atoms with E-state index >= 15 is 0 Å². The second-order valence-electron chi connectivity index (χ2n) is 4.51. The Labute approximate surface area is 125 Å². The SMILES string of the molecule is O=C(CSc1nccc(=O)[nH]1)c1ccc2ccccc2c1. The number of aromatic nitrogens is 2. The van der Waals surface area contributed by atoms with Gasteiger partial charge in [-0.1, -0.05) is 48.2 Å². The average molecular weight is 296 g/mol. The van der Waals surface area contributed by atoms with E-state index < -0.39 is 0 Å². The topological polar surface area (TPSA) is 62.8 Å². The summed E-state index contributed by atoms with van der Waals surface area (Å²) in [6.45, 7) is 0. The van der Waals surface area contributed by atoms with Crippen LogP contribution in [-0.4, -0.2) is 21.5 Å². The molecule has 21 heavy (non-hydrogen) atoms. The quantitative estimate of drug-likeness (QED) is 0.457. The molecule has 2 aromatic carbocycles. The number of rotatable bonds is 4. The largest absolute Gasteiger partial charge is 0.301 e. The molecular formula is C16H12N2O2S. The Morgan fingerprint density at radius 3 is 2.71 bits per heavy atom. The summed E-state index contributed by atoms with van der Waals surface area (Å²) >= 11 is 1.23. The molecule has 0 aliphatic carbocycles. The molecule has 0 fully saturated rings. The fourth-order valence-corrected chi connectivity index (χ4v) is 2.75. The van der Waals surface area contributed by atoms with Gasteiger partial charge in [-0.2, -0.15) is 0 Å². The Bertz CT molecular complexity index is 858. The molecule has 104 valence electrons. The fourth-order valence-electron chi connectivity index (χ4n) is 2.01. The molecule has 4 nitrogen and oxygen atoms in total. The van der Waals surface area contributed by atoms with Gasteiger partial charge in [0.05, 0.1) is 5.75 Å². The van der Waals surface area contributed by atoms with E-state index in [9.17, 15) is 9.59 Å². The maximum atomic E-state index is 12.2. The first-order valence-electron chi connectivity index (χ1n) is 6.42. The molecule has 1 aromatic heterocycles. The van der Waals surface area contributed by atoms with Gasteiger partial charge in [0.15, 0.2) is 10.9 Å². The van der Waals surface area contributed by atoms with E-state index in [4.69, 9.17) is 0 Å². The van der Waals surface area contributed by atoms with Crippen molar-refractivity contribution in [1.29, 1.82) is 0 Å². The van der Waals surface area contributed by atoms with Crippen molar-refractivity contribution in [1.82, 2.24) is 9.97 Å². The third-order valence-corrected chi connectivity index (χ3v) is 3.95. The van der Waals surface area contributed by atoms with Crippen LogP contribution in [0.1, 0.15) is 10.4 Å². The molecule has 0 atom stereocenters. The molecule has 0 saturated heterocycles. The molecule has 5 heteroatoms. The van der Waals surface area contributed by atoms with E-state index in [0.717, 1.165) is 10.8 Å². The molecule has 3 aromatic rings. The van der Waals surface area contributed by atoms with Crippen molar-refractivity contribution in [3.05, 3.63) is 70.6 Å². The van der Waals surface area contributed by atoms with Crippen LogP contribution in [0.3, 0.4) is 0 Å². The molecule has 0 aliphatic heterocycles. The van der Waals surface area contributed by atoms with Crippen LogP contribution < -0.4 is 5.56 Å². The molecule has 0 unspecified atom stereocenters. The Morgan fingerprint density at radius 2 is 1.90 bits per heavy atom. The molecule has 0 amide bonds. The third kappa shape index (κ3) is 3.20. The van der Waals surface area contributed by atoms with E-state index in [1.807, 2.05) is 42.5 Å². The van der Waals surface area contributed by atoms with Gasteiger partial charge in [0, 0.05) is 17.8 Å². The molecule has 0 aliphatic rings. The lowest BCUT2D eigenvalue weighted by molar-refractivity contribution is 0.102. The number of H-pyrrole nitrogens is 1. The number of benzene rings is 2. The number of thioether (sulfide) groups is 1. The first-order chi connectivity index (χ1) is 10.2. The van der Waals surface area contributed by atoms with Gasteiger partial charge >= 0.3 is 0 Å². The summed E-state index contributed by atoms with van der Waals surface area (Å²) in [5, 5.41) is 2.60. The lowest BCUT2D eigenvalue weighted by Gasteiger charge is -2.03. The lowest BCUT2D eigenvalue weighted by Crippen LogP contribution is -2.08. The van der Waals surface area contributed by atoms with E-state index in [1.165, 1.54) is 24.0 Å². The number of Topliss-reactive ketones (excluding diaryl/α,β-unsaturated/α-hetero) is 1. The Balaban J connectivity index is 1.76. The zero-order valence-corrected chi connectivity index (χ0v) is 11.9. The minimum absolute atomic E-state index is 0.0113. The molecule has 0 radical (unpaired) electrons. The highest BCUT2D eigenvalue weighted by Crippen LogP contribution is 2.18. The highest BCUT2D eigenvalue weighted by atomic mass is 32.2. The average Bonchev–Trinajstić information content (AvgIpc) is 2.52. The third-order valence-electron chi connectivity index (χ3n) is 3.06. The van der Waals surface area contributed by atoms with Crippen molar-refractivity contribution in [2.45, 2.75) is 5.16 Å². The fraction of sp³-hybridized carbons (Fsp3) is 0.0625. The minimum atomic E-state index is -0.217. The van der Waals surface area contributed by atoms with Crippen LogP contribution >= 0.6 is 11.8 Å². The van der Waals surface area contributed by atoms with Crippen LogP contribution in [0.15, 0.2) is 64.7 Å². The Morgan fingerprint density at radius 1 is 1.10 bits per heavy atom. The maximum Gasteiger partial charge on any atom is 0.251 e. The van der Waals surface area contributed by atoms with Crippen molar-refractivity contribution in [3.63, 3.8) is 0 Å². The number of carbonyl (C=O) groups is 1. The predicted octanol–water partition coefficient (Wildman–Crippen LogP) is 2.90. The number of fused-ring (bicyclic) bond motifs is 1. The van der Waals surface area contributed by atoms with Gasteiger partial charge in [-0.3, -0.25) is 9.59 Å². The summed E-state index contributed by atoms with van der Waals surface area (Å²) in [5.74, 6) is 0.253. The van der Waals surface area contributed by atoms with Crippen LogP contribution in [-0.2, 0) is 0 Å². The monoisotopic (exact) mass is 296 g/mol. The van der Waals surface area contributed by atoms with Gasteiger partial charge in [0.25, 0.3) is 5.56 Å². The number of carbonyl (C=O) groups excluding carboxylic acids is 1. The van der Waals surface area contributed by atoms with Crippen LogP contribution in [0.4, 0.5) is 0 Å². The molecule has 0 spiro atoms. The molecule has 3 rings (SSSR count). The van der Waals surface area contributed by atoms with Crippen LogP contribution in [0.25, 0.3) is 10.8 Å². The molecule has 1 heterocycles. The van der Waals surface area contributed by atoms with Crippen LogP contribution in [0.2, 0.25) is 0 Å². The van der Waals surface area contributed by atoms with Crippen molar-refractivity contribution >= 4 is 28.3 Å². The molecule has 1 N–H and O–H groups in total. The van der Waals surface area contributed by atoms with Crippen molar-refractivity contribution in [3.8, 4) is 0 Å². The van der Waals surface area contributed by atoms with Gasteiger partial charge in [-0.15, -0.1) is 0 Å². The summed E-state index contributed by atoms with van der Waals surface area (Å²) < 4.78 is 0. The number of ketones is 1.